The summed E-state index contributed by atoms with van der Waals surface area (Å²) >= 11 is 0. The van der Waals surface area contributed by atoms with Crippen molar-refractivity contribution in [3.8, 4) is 0 Å². The molecule has 136 valence electrons. The predicted molar refractivity (Wildman–Crippen MR) is 82.2 cm³/mol. The van der Waals surface area contributed by atoms with Gasteiger partial charge in [0.2, 0.25) is 15.9 Å². The fourth-order valence-corrected chi connectivity index (χ4v) is 3.66. The molecule has 0 bridgehead atoms. The van der Waals surface area contributed by atoms with Crippen LogP contribution in [0.15, 0.2) is 0 Å². The van der Waals surface area contributed by atoms with Gasteiger partial charge < -0.3 is 10.8 Å². The van der Waals surface area contributed by atoms with E-state index >= 15 is 0 Å². The SMILES string of the molecule is CC(C)(N)S(=O)(=O)N(NC(=O)CN1CCC(O)C1)NS(C)(=O)=O. The van der Waals surface area contributed by atoms with Gasteiger partial charge in [-0.25, -0.2) is 16.8 Å². The number of aliphatic hydroxyl groups is 1. The van der Waals surface area contributed by atoms with E-state index in [1.165, 1.54) is 0 Å². The van der Waals surface area contributed by atoms with Crippen molar-refractivity contribution in [1.29, 1.82) is 0 Å². The molecule has 0 aromatic rings. The van der Waals surface area contributed by atoms with E-state index in [1.54, 1.807) is 9.73 Å². The van der Waals surface area contributed by atoms with Gasteiger partial charge in [0, 0.05) is 13.1 Å². The maximum absolute atomic E-state index is 12.3. The maximum Gasteiger partial charge on any atom is 0.263 e. The maximum atomic E-state index is 12.3. The molecular weight excluding hydrogens is 350 g/mol. The second-order valence-corrected chi connectivity index (χ2v) is 10.0. The molecule has 1 amide bonds. The number of rotatable bonds is 7. The molecule has 0 aromatic heterocycles. The number of carbonyl (C=O) groups is 1. The van der Waals surface area contributed by atoms with Crippen LogP contribution < -0.4 is 16.0 Å². The monoisotopic (exact) mass is 373 g/mol. The first-order valence-corrected chi connectivity index (χ1v) is 10.1. The largest absolute Gasteiger partial charge is 0.392 e. The summed E-state index contributed by atoms with van der Waals surface area (Å²) in [5.41, 5.74) is 7.51. The summed E-state index contributed by atoms with van der Waals surface area (Å²) in [5, 5.41) is 9.40. The number of nitrogens with one attached hydrogen (secondary N) is 2. The van der Waals surface area contributed by atoms with Crippen molar-refractivity contribution in [2.24, 2.45) is 5.73 Å². The Balaban J connectivity index is 2.87. The summed E-state index contributed by atoms with van der Waals surface area (Å²) in [6, 6.07) is 0. The third kappa shape index (κ3) is 5.95. The van der Waals surface area contributed by atoms with Gasteiger partial charge in [0.15, 0.2) is 0 Å². The Bertz CT molecular complexity index is 641. The molecule has 1 fully saturated rings. The summed E-state index contributed by atoms with van der Waals surface area (Å²) in [5.74, 6) is -0.761. The summed E-state index contributed by atoms with van der Waals surface area (Å²) in [6.45, 7) is 2.87. The van der Waals surface area contributed by atoms with E-state index in [9.17, 15) is 26.7 Å². The lowest BCUT2D eigenvalue weighted by atomic mass is 10.3. The summed E-state index contributed by atoms with van der Waals surface area (Å²) < 4.78 is 47.3. The van der Waals surface area contributed by atoms with Crippen LogP contribution in [-0.4, -0.2) is 74.1 Å². The van der Waals surface area contributed by atoms with Crippen molar-refractivity contribution < 1.29 is 26.7 Å². The van der Waals surface area contributed by atoms with E-state index in [0.29, 0.717) is 13.0 Å². The number of nitrogens with zero attached hydrogens (tertiary/aromatic N) is 2. The molecular formula is C10H23N5O6S2. The Hall–Kier alpha value is -0.830. The lowest BCUT2D eigenvalue weighted by molar-refractivity contribution is -0.125. The first-order chi connectivity index (χ1) is 10.2. The molecule has 13 heteroatoms. The quantitative estimate of drug-likeness (QED) is 0.341. The number of sulfonamides is 2. The highest BCUT2D eigenvalue weighted by molar-refractivity contribution is 7.92. The van der Waals surface area contributed by atoms with Gasteiger partial charge in [-0.2, -0.15) is 0 Å². The van der Waals surface area contributed by atoms with Gasteiger partial charge in [-0.3, -0.25) is 15.1 Å². The Morgan fingerprint density at radius 2 is 1.96 bits per heavy atom. The highest BCUT2D eigenvalue weighted by atomic mass is 32.2. The molecule has 0 aliphatic carbocycles. The number of β-amino-alcohol motifs (C(OH)–C–C–N with tert-alkyl or cyclic N) is 1. The van der Waals surface area contributed by atoms with Crippen LogP contribution >= 0.6 is 0 Å². The van der Waals surface area contributed by atoms with Crippen LogP contribution in [-0.2, 0) is 24.8 Å². The molecule has 1 saturated heterocycles. The number of likely N-dealkylation sites (tertiary alicyclic amines) is 1. The number of nitrogens with two attached hydrogens (primary N) is 1. The molecule has 1 unspecified atom stereocenters. The minimum Gasteiger partial charge on any atom is -0.392 e. The second kappa shape index (κ2) is 6.96. The molecule has 11 nitrogen and oxygen atoms in total. The Kier molecular flexibility index (Phi) is 6.12. The lowest BCUT2D eigenvalue weighted by Gasteiger charge is -2.29. The van der Waals surface area contributed by atoms with Crippen LogP contribution in [0.1, 0.15) is 20.3 Å². The number of amides is 1. The summed E-state index contributed by atoms with van der Waals surface area (Å²) in [6.07, 6.45) is 0.703. The van der Waals surface area contributed by atoms with Gasteiger partial charge in [-0.05, 0) is 24.8 Å². The second-order valence-electron chi connectivity index (χ2n) is 5.95. The van der Waals surface area contributed by atoms with Crippen LogP contribution in [0.3, 0.4) is 0 Å². The van der Waals surface area contributed by atoms with E-state index in [-0.39, 0.29) is 17.6 Å². The van der Waals surface area contributed by atoms with Crippen LogP contribution in [0.4, 0.5) is 0 Å². The van der Waals surface area contributed by atoms with E-state index in [1.807, 2.05) is 5.43 Å². The van der Waals surface area contributed by atoms with Crippen LogP contribution in [0.5, 0.6) is 0 Å². The van der Waals surface area contributed by atoms with E-state index in [0.717, 1.165) is 20.1 Å². The third-order valence-corrected chi connectivity index (χ3v) is 5.62. The van der Waals surface area contributed by atoms with Gasteiger partial charge in [0.25, 0.3) is 10.0 Å². The van der Waals surface area contributed by atoms with Crippen LogP contribution in [0.2, 0.25) is 0 Å². The lowest BCUT2D eigenvalue weighted by Crippen LogP contribution is -2.63. The minimum atomic E-state index is -4.39. The first-order valence-electron chi connectivity index (χ1n) is 6.73. The number of hydrogen-bond acceptors (Lipinski definition) is 8. The number of carbonyl (C=O) groups excluding carboxylic acids is 1. The predicted octanol–water partition coefficient (Wildman–Crippen LogP) is -3.12. The molecule has 1 heterocycles. The number of hydrazine groups is 2. The van der Waals surface area contributed by atoms with Crippen LogP contribution in [0, 0.1) is 0 Å². The number of hydrogen-bond donors (Lipinski definition) is 4. The summed E-state index contributed by atoms with van der Waals surface area (Å²) in [7, 11) is -8.37. The first kappa shape index (κ1) is 20.2. The Labute approximate surface area is 135 Å². The van der Waals surface area contributed by atoms with Gasteiger partial charge >= 0.3 is 0 Å². The van der Waals surface area contributed by atoms with E-state index < -0.39 is 36.9 Å². The highest BCUT2D eigenvalue weighted by Crippen LogP contribution is 2.13. The van der Waals surface area contributed by atoms with Gasteiger partial charge in [-0.1, -0.05) is 0 Å². The van der Waals surface area contributed by atoms with Gasteiger partial charge in [0.1, 0.15) is 4.87 Å². The van der Waals surface area contributed by atoms with Crippen molar-refractivity contribution >= 4 is 26.0 Å². The van der Waals surface area contributed by atoms with Crippen molar-refractivity contribution in [3.05, 3.63) is 0 Å². The zero-order valence-corrected chi connectivity index (χ0v) is 14.8. The van der Waals surface area contributed by atoms with E-state index in [4.69, 9.17) is 5.73 Å². The molecule has 1 rings (SSSR count). The minimum absolute atomic E-state index is 0.108. The average molecular weight is 373 g/mol. The molecule has 0 saturated carbocycles. The average Bonchev–Trinajstić information content (AvgIpc) is 2.70. The molecule has 1 aliphatic heterocycles. The smallest absolute Gasteiger partial charge is 0.263 e. The molecule has 0 radical (unpaired) electrons. The zero-order valence-electron chi connectivity index (χ0n) is 13.2. The van der Waals surface area contributed by atoms with Gasteiger partial charge in [-0.15, -0.1) is 4.83 Å². The molecule has 1 aliphatic rings. The summed E-state index contributed by atoms with van der Waals surface area (Å²) in [4.78, 5) is 13.4. The van der Waals surface area contributed by atoms with E-state index in [2.05, 4.69) is 0 Å². The Morgan fingerprint density at radius 1 is 1.39 bits per heavy atom. The van der Waals surface area contributed by atoms with Crippen molar-refractivity contribution in [3.63, 3.8) is 0 Å². The Morgan fingerprint density at radius 3 is 2.35 bits per heavy atom. The van der Waals surface area contributed by atoms with Crippen molar-refractivity contribution in [2.75, 3.05) is 25.9 Å². The highest BCUT2D eigenvalue weighted by Gasteiger charge is 2.39. The molecule has 0 aromatic carbocycles. The van der Waals surface area contributed by atoms with Crippen molar-refractivity contribution in [2.45, 2.75) is 31.2 Å². The number of aliphatic hydroxyl groups excluding tert-OH is 1. The third-order valence-electron chi connectivity index (χ3n) is 2.99. The fourth-order valence-electron chi connectivity index (χ4n) is 1.83. The van der Waals surface area contributed by atoms with Crippen LogP contribution in [0.25, 0.3) is 0 Å². The molecule has 23 heavy (non-hydrogen) atoms. The molecule has 0 spiro atoms. The van der Waals surface area contributed by atoms with Gasteiger partial charge in [0.05, 0.1) is 18.9 Å². The van der Waals surface area contributed by atoms with Crippen molar-refractivity contribution in [1.82, 2.24) is 19.7 Å². The zero-order chi connectivity index (χ0) is 18.1. The molecule has 1 atom stereocenters. The normalized spacial score (nSPS) is 20.9. The molecule has 5 N–H and O–H groups in total. The standard InChI is InChI=1S/C10H23N5O6S2/c1-10(2,11)23(20,21)15(13-22(3,18)19)12-9(17)7-14-5-4-8(16)6-14/h8,13,16H,4-7,11H2,1-3H3,(H,12,17). The fraction of sp³-hybridized carbons (Fsp3) is 0.900. The topological polar surface area (TPSA) is 162 Å².